The van der Waals surface area contributed by atoms with Gasteiger partial charge in [-0.3, -0.25) is 0 Å². The Morgan fingerprint density at radius 3 is 2.67 bits per heavy atom. The Kier molecular flexibility index (Phi) is 6.04. The van der Waals surface area contributed by atoms with Crippen molar-refractivity contribution in [1.82, 2.24) is 10.2 Å². The van der Waals surface area contributed by atoms with E-state index in [9.17, 15) is 22.4 Å². The lowest BCUT2D eigenvalue weighted by atomic mass is 10.0. The van der Waals surface area contributed by atoms with Crippen molar-refractivity contribution in [1.29, 1.82) is 0 Å². The first-order valence-electron chi connectivity index (χ1n) is 7.74. The van der Waals surface area contributed by atoms with E-state index in [-0.39, 0.29) is 11.7 Å². The number of halogens is 4. The van der Waals surface area contributed by atoms with Crippen LogP contribution in [-0.4, -0.2) is 42.9 Å². The summed E-state index contributed by atoms with van der Waals surface area (Å²) in [6.07, 6.45) is -5.23. The first-order valence-corrected chi connectivity index (χ1v) is 7.74. The minimum Gasteiger partial charge on any atom is -0.377 e. The second-order valence-corrected chi connectivity index (χ2v) is 5.85. The lowest BCUT2D eigenvalue weighted by Crippen LogP contribution is -2.45. The topological polar surface area (TPSA) is 41.6 Å². The standard InChI is InChI=1S/C16H20F4N2O2/c1-11-10-22(7-2-8-24-11)15(23)21-14(9-16(18,19)20)12-3-5-13(17)6-4-12/h3-6,11,14H,2,7-10H2,1H3,(H,21,23)/t11-,14-/m1/s1. The molecule has 0 saturated carbocycles. The third-order valence-corrected chi connectivity index (χ3v) is 3.75. The zero-order valence-corrected chi connectivity index (χ0v) is 13.3. The van der Waals surface area contributed by atoms with E-state index in [0.717, 1.165) is 12.1 Å². The highest BCUT2D eigenvalue weighted by Crippen LogP contribution is 2.30. The van der Waals surface area contributed by atoms with Gasteiger partial charge in [0.1, 0.15) is 5.82 Å². The van der Waals surface area contributed by atoms with Gasteiger partial charge in [-0.05, 0) is 31.0 Å². The number of hydrogen-bond acceptors (Lipinski definition) is 2. The van der Waals surface area contributed by atoms with Gasteiger partial charge in [0.05, 0.1) is 18.6 Å². The number of amides is 2. The molecule has 4 nitrogen and oxygen atoms in total. The minimum atomic E-state index is -4.46. The smallest absolute Gasteiger partial charge is 0.377 e. The van der Waals surface area contributed by atoms with Gasteiger partial charge in [0.2, 0.25) is 0 Å². The summed E-state index contributed by atoms with van der Waals surface area (Å²) in [6, 6.07) is 2.81. The van der Waals surface area contributed by atoms with E-state index in [4.69, 9.17) is 4.74 Å². The summed E-state index contributed by atoms with van der Waals surface area (Å²) in [4.78, 5) is 13.8. The summed E-state index contributed by atoms with van der Waals surface area (Å²) in [7, 11) is 0. The average molecular weight is 348 g/mol. The Labute approximate surface area is 137 Å². The maximum Gasteiger partial charge on any atom is 0.391 e. The summed E-state index contributed by atoms with van der Waals surface area (Å²) in [5, 5.41) is 2.42. The quantitative estimate of drug-likeness (QED) is 0.848. The molecular weight excluding hydrogens is 328 g/mol. The molecule has 2 amide bonds. The van der Waals surface area contributed by atoms with Crippen LogP contribution in [0.2, 0.25) is 0 Å². The Balaban J connectivity index is 2.11. The molecule has 1 saturated heterocycles. The number of alkyl halides is 3. The van der Waals surface area contributed by atoms with Crippen molar-refractivity contribution < 1.29 is 27.1 Å². The van der Waals surface area contributed by atoms with Crippen molar-refractivity contribution >= 4 is 6.03 Å². The lowest BCUT2D eigenvalue weighted by molar-refractivity contribution is -0.139. The number of benzene rings is 1. The second-order valence-electron chi connectivity index (χ2n) is 5.85. The third-order valence-electron chi connectivity index (χ3n) is 3.75. The number of nitrogens with one attached hydrogen (secondary N) is 1. The molecule has 8 heteroatoms. The molecule has 0 bridgehead atoms. The van der Waals surface area contributed by atoms with Gasteiger partial charge in [-0.15, -0.1) is 0 Å². The van der Waals surface area contributed by atoms with Crippen LogP contribution in [0.15, 0.2) is 24.3 Å². The molecule has 1 fully saturated rings. The fraction of sp³-hybridized carbons (Fsp3) is 0.562. The molecule has 1 aromatic carbocycles. The molecule has 0 radical (unpaired) electrons. The predicted molar refractivity (Wildman–Crippen MR) is 79.9 cm³/mol. The van der Waals surface area contributed by atoms with Crippen LogP contribution >= 0.6 is 0 Å². The molecule has 0 aliphatic carbocycles. The number of ether oxygens (including phenoxy) is 1. The first kappa shape index (κ1) is 18.5. The molecule has 2 rings (SSSR count). The van der Waals surface area contributed by atoms with Crippen molar-refractivity contribution in [2.75, 3.05) is 19.7 Å². The van der Waals surface area contributed by atoms with E-state index in [2.05, 4.69) is 5.32 Å². The highest BCUT2D eigenvalue weighted by Gasteiger charge is 2.34. The summed E-state index contributed by atoms with van der Waals surface area (Å²) < 4.78 is 56.9. The van der Waals surface area contributed by atoms with Crippen molar-refractivity contribution in [3.63, 3.8) is 0 Å². The van der Waals surface area contributed by atoms with Gasteiger partial charge in [-0.1, -0.05) is 12.1 Å². The van der Waals surface area contributed by atoms with Crippen LogP contribution in [0.4, 0.5) is 22.4 Å². The third kappa shape index (κ3) is 5.67. The number of nitrogens with zero attached hydrogens (tertiary/aromatic N) is 1. The molecule has 24 heavy (non-hydrogen) atoms. The number of hydrogen-bond donors (Lipinski definition) is 1. The molecular formula is C16H20F4N2O2. The Morgan fingerprint density at radius 2 is 2.04 bits per heavy atom. The van der Waals surface area contributed by atoms with E-state index in [0.29, 0.717) is 26.1 Å². The molecule has 1 N–H and O–H groups in total. The molecule has 0 aromatic heterocycles. The minimum absolute atomic E-state index is 0.176. The number of rotatable bonds is 3. The number of carbonyl (C=O) groups is 1. The van der Waals surface area contributed by atoms with E-state index >= 15 is 0 Å². The molecule has 1 aliphatic rings. The molecule has 1 aliphatic heterocycles. The van der Waals surface area contributed by atoms with Gasteiger partial charge in [-0.2, -0.15) is 13.2 Å². The normalized spacial score (nSPS) is 20.4. The summed E-state index contributed by atoms with van der Waals surface area (Å²) in [5.41, 5.74) is 0.209. The van der Waals surface area contributed by atoms with E-state index < -0.39 is 30.5 Å². The van der Waals surface area contributed by atoms with Gasteiger partial charge < -0.3 is 15.0 Å². The fourth-order valence-electron chi connectivity index (χ4n) is 2.60. The van der Waals surface area contributed by atoms with Crippen LogP contribution in [0, 0.1) is 5.82 Å². The Morgan fingerprint density at radius 1 is 1.38 bits per heavy atom. The van der Waals surface area contributed by atoms with Crippen LogP contribution in [0.3, 0.4) is 0 Å². The van der Waals surface area contributed by atoms with E-state index in [1.165, 1.54) is 17.0 Å². The molecule has 2 atom stereocenters. The largest absolute Gasteiger partial charge is 0.391 e. The monoisotopic (exact) mass is 348 g/mol. The van der Waals surface area contributed by atoms with Crippen molar-refractivity contribution in [2.24, 2.45) is 0 Å². The number of urea groups is 1. The number of carbonyl (C=O) groups excluding carboxylic acids is 1. The van der Waals surface area contributed by atoms with Crippen LogP contribution in [0.25, 0.3) is 0 Å². The fourth-order valence-corrected chi connectivity index (χ4v) is 2.60. The zero-order valence-electron chi connectivity index (χ0n) is 13.3. The molecule has 1 aromatic rings. The maximum atomic E-state index is 13.0. The summed E-state index contributed by atoms with van der Waals surface area (Å²) in [6.45, 7) is 3.04. The van der Waals surface area contributed by atoms with Crippen molar-refractivity contribution in [3.8, 4) is 0 Å². The van der Waals surface area contributed by atoms with Gasteiger partial charge in [0.15, 0.2) is 0 Å². The molecule has 134 valence electrons. The van der Waals surface area contributed by atoms with Gasteiger partial charge in [0.25, 0.3) is 0 Å². The Hall–Kier alpha value is -1.83. The van der Waals surface area contributed by atoms with Crippen LogP contribution < -0.4 is 5.32 Å². The van der Waals surface area contributed by atoms with E-state index in [1.807, 2.05) is 0 Å². The van der Waals surface area contributed by atoms with Crippen LogP contribution in [0.5, 0.6) is 0 Å². The van der Waals surface area contributed by atoms with Crippen molar-refractivity contribution in [2.45, 2.75) is 38.1 Å². The van der Waals surface area contributed by atoms with Gasteiger partial charge in [-0.25, -0.2) is 9.18 Å². The first-order chi connectivity index (χ1) is 11.2. The summed E-state index contributed by atoms with van der Waals surface area (Å²) in [5.74, 6) is -0.547. The predicted octanol–water partition coefficient (Wildman–Crippen LogP) is 3.64. The van der Waals surface area contributed by atoms with Crippen LogP contribution in [0.1, 0.15) is 31.4 Å². The van der Waals surface area contributed by atoms with Gasteiger partial charge in [0, 0.05) is 19.7 Å². The molecule has 0 unspecified atom stereocenters. The summed E-state index contributed by atoms with van der Waals surface area (Å²) >= 11 is 0. The van der Waals surface area contributed by atoms with Crippen molar-refractivity contribution in [3.05, 3.63) is 35.6 Å². The zero-order chi connectivity index (χ0) is 17.7. The van der Waals surface area contributed by atoms with Crippen LogP contribution in [-0.2, 0) is 4.74 Å². The highest BCUT2D eigenvalue weighted by molar-refractivity contribution is 5.74. The van der Waals surface area contributed by atoms with Gasteiger partial charge >= 0.3 is 12.2 Å². The molecule has 0 spiro atoms. The Bertz CT molecular complexity index is 548. The molecule has 1 heterocycles. The second kappa shape index (κ2) is 7.83. The average Bonchev–Trinajstić information content (AvgIpc) is 2.70. The van der Waals surface area contributed by atoms with E-state index in [1.54, 1.807) is 6.92 Å². The highest BCUT2D eigenvalue weighted by atomic mass is 19.4. The SMILES string of the molecule is C[C@@H]1CN(C(=O)N[C@H](CC(F)(F)F)c2ccc(F)cc2)CCCO1. The maximum absolute atomic E-state index is 13.0. The lowest BCUT2D eigenvalue weighted by Gasteiger charge is -2.27.